The Morgan fingerprint density at radius 3 is 2.57 bits per heavy atom. The average Bonchev–Trinajstić information content (AvgIpc) is 2.35. The molecule has 0 aliphatic carbocycles. The lowest BCUT2D eigenvalue weighted by Crippen LogP contribution is -2.47. The van der Waals surface area contributed by atoms with E-state index in [1.165, 1.54) is 0 Å². The van der Waals surface area contributed by atoms with Crippen LogP contribution in [0.1, 0.15) is 18.9 Å². The van der Waals surface area contributed by atoms with Crippen LogP contribution in [0.3, 0.4) is 0 Å². The lowest BCUT2D eigenvalue weighted by molar-refractivity contribution is -0.385. The van der Waals surface area contributed by atoms with E-state index in [9.17, 15) is 23.3 Å². The number of anilines is 1. The standard InChI is InChI=1S/C13H16F3N3O2/c1-8-4-9(17)7-18(6-8)12-3-2-10(19(20)21)5-11(12)13(14,15)16/h2-3,5,8-9H,4,6-7,17H2,1H3. The second-order valence-electron chi connectivity index (χ2n) is 5.46. The van der Waals surface area contributed by atoms with Gasteiger partial charge in [0, 0.05) is 37.0 Å². The quantitative estimate of drug-likeness (QED) is 0.673. The summed E-state index contributed by atoms with van der Waals surface area (Å²) >= 11 is 0. The Balaban J connectivity index is 2.45. The molecular formula is C13H16F3N3O2. The van der Waals surface area contributed by atoms with Crippen molar-refractivity contribution in [1.29, 1.82) is 0 Å². The molecule has 116 valence electrons. The minimum Gasteiger partial charge on any atom is -0.369 e. The van der Waals surface area contributed by atoms with Gasteiger partial charge in [-0.25, -0.2) is 0 Å². The van der Waals surface area contributed by atoms with E-state index in [2.05, 4.69) is 0 Å². The summed E-state index contributed by atoms with van der Waals surface area (Å²) in [7, 11) is 0. The van der Waals surface area contributed by atoms with Crippen LogP contribution in [0, 0.1) is 16.0 Å². The first-order valence-electron chi connectivity index (χ1n) is 6.54. The van der Waals surface area contributed by atoms with E-state index in [-0.39, 0.29) is 17.6 Å². The monoisotopic (exact) mass is 303 g/mol. The van der Waals surface area contributed by atoms with Gasteiger partial charge in [-0.05, 0) is 18.4 Å². The van der Waals surface area contributed by atoms with E-state index in [1.807, 2.05) is 6.92 Å². The van der Waals surface area contributed by atoms with Gasteiger partial charge in [-0.15, -0.1) is 0 Å². The summed E-state index contributed by atoms with van der Waals surface area (Å²) in [6.45, 7) is 2.69. The molecule has 8 heteroatoms. The van der Waals surface area contributed by atoms with Crippen molar-refractivity contribution < 1.29 is 18.1 Å². The normalized spacial score (nSPS) is 23.2. The van der Waals surface area contributed by atoms with Crippen molar-refractivity contribution in [3.05, 3.63) is 33.9 Å². The van der Waals surface area contributed by atoms with Crippen molar-refractivity contribution in [1.82, 2.24) is 0 Å². The molecule has 1 fully saturated rings. The van der Waals surface area contributed by atoms with Crippen LogP contribution >= 0.6 is 0 Å². The van der Waals surface area contributed by atoms with E-state index >= 15 is 0 Å². The number of benzene rings is 1. The first kappa shape index (κ1) is 15.6. The fraction of sp³-hybridized carbons (Fsp3) is 0.538. The van der Waals surface area contributed by atoms with E-state index in [0.717, 1.165) is 18.6 Å². The fourth-order valence-electron chi connectivity index (χ4n) is 2.74. The number of nitrogens with two attached hydrogens (primary N) is 1. The molecule has 21 heavy (non-hydrogen) atoms. The lowest BCUT2D eigenvalue weighted by Gasteiger charge is -2.37. The molecule has 1 saturated heterocycles. The highest BCUT2D eigenvalue weighted by Gasteiger charge is 2.37. The van der Waals surface area contributed by atoms with Crippen molar-refractivity contribution in [2.45, 2.75) is 25.6 Å². The van der Waals surface area contributed by atoms with Gasteiger partial charge in [0.15, 0.2) is 0 Å². The third kappa shape index (κ3) is 3.44. The number of rotatable bonds is 2. The first-order chi connectivity index (χ1) is 9.68. The second kappa shape index (κ2) is 5.51. The SMILES string of the molecule is CC1CC(N)CN(c2ccc([N+](=O)[O-])cc2C(F)(F)F)C1. The van der Waals surface area contributed by atoms with Crippen LogP contribution in [0.4, 0.5) is 24.5 Å². The number of non-ortho nitro benzene ring substituents is 1. The molecule has 1 heterocycles. The fourth-order valence-corrected chi connectivity index (χ4v) is 2.74. The Morgan fingerprint density at radius 2 is 2.05 bits per heavy atom. The second-order valence-corrected chi connectivity index (χ2v) is 5.46. The van der Waals surface area contributed by atoms with Gasteiger partial charge in [0.25, 0.3) is 5.69 Å². The molecule has 0 radical (unpaired) electrons. The number of nitro groups is 1. The minimum atomic E-state index is -4.65. The summed E-state index contributed by atoms with van der Waals surface area (Å²) in [6.07, 6.45) is -3.89. The molecule has 2 atom stereocenters. The molecule has 0 amide bonds. The van der Waals surface area contributed by atoms with Crippen molar-refractivity contribution in [3.63, 3.8) is 0 Å². The highest BCUT2D eigenvalue weighted by molar-refractivity contribution is 5.59. The summed E-state index contributed by atoms with van der Waals surface area (Å²) < 4.78 is 39.5. The molecule has 2 rings (SSSR count). The largest absolute Gasteiger partial charge is 0.418 e. The summed E-state index contributed by atoms with van der Waals surface area (Å²) in [4.78, 5) is 11.4. The number of halogens is 3. The Labute approximate surface area is 119 Å². The maximum atomic E-state index is 13.2. The molecular weight excluding hydrogens is 287 g/mol. The number of alkyl halides is 3. The predicted octanol–water partition coefficient (Wildman–Crippen LogP) is 2.79. The Morgan fingerprint density at radius 1 is 1.38 bits per heavy atom. The zero-order valence-electron chi connectivity index (χ0n) is 11.4. The number of hydrogen-bond donors (Lipinski definition) is 1. The number of hydrogen-bond acceptors (Lipinski definition) is 4. The van der Waals surface area contributed by atoms with Gasteiger partial charge in [0.05, 0.1) is 10.5 Å². The highest BCUT2D eigenvalue weighted by atomic mass is 19.4. The van der Waals surface area contributed by atoms with Gasteiger partial charge in [0.1, 0.15) is 0 Å². The molecule has 2 unspecified atom stereocenters. The molecule has 0 bridgehead atoms. The molecule has 5 nitrogen and oxygen atoms in total. The van der Waals surface area contributed by atoms with Crippen LogP contribution in [0.5, 0.6) is 0 Å². The number of nitro benzene ring substituents is 1. The third-order valence-corrected chi connectivity index (χ3v) is 3.53. The zero-order chi connectivity index (χ0) is 15.8. The summed E-state index contributed by atoms with van der Waals surface area (Å²) in [5.41, 5.74) is 4.26. The molecule has 0 saturated carbocycles. The van der Waals surface area contributed by atoms with Crippen LogP contribution in [0.15, 0.2) is 18.2 Å². The molecule has 2 N–H and O–H groups in total. The smallest absolute Gasteiger partial charge is 0.369 e. The number of piperidine rings is 1. The molecule has 0 aromatic heterocycles. The molecule has 1 aromatic rings. The van der Waals surface area contributed by atoms with Crippen molar-refractivity contribution in [2.75, 3.05) is 18.0 Å². The predicted molar refractivity (Wildman–Crippen MR) is 72.1 cm³/mol. The Hall–Kier alpha value is -1.83. The Kier molecular flexibility index (Phi) is 4.08. The summed E-state index contributed by atoms with van der Waals surface area (Å²) in [5.74, 6) is 0.171. The van der Waals surface area contributed by atoms with Gasteiger partial charge in [-0.2, -0.15) is 13.2 Å². The van der Waals surface area contributed by atoms with Crippen LogP contribution in [-0.2, 0) is 6.18 Å². The topological polar surface area (TPSA) is 72.4 Å². The minimum absolute atomic E-state index is 0.0462. The van der Waals surface area contributed by atoms with Gasteiger partial charge in [0.2, 0.25) is 0 Å². The van der Waals surface area contributed by atoms with Crippen LogP contribution in [0.25, 0.3) is 0 Å². The third-order valence-electron chi connectivity index (χ3n) is 3.53. The lowest BCUT2D eigenvalue weighted by atomic mass is 9.95. The molecule has 1 aliphatic rings. The van der Waals surface area contributed by atoms with E-state index < -0.39 is 22.4 Å². The summed E-state index contributed by atoms with van der Waals surface area (Å²) in [6, 6.07) is 2.63. The van der Waals surface area contributed by atoms with E-state index in [0.29, 0.717) is 19.2 Å². The zero-order valence-corrected chi connectivity index (χ0v) is 11.4. The van der Waals surface area contributed by atoms with E-state index in [4.69, 9.17) is 5.73 Å². The van der Waals surface area contributed by atoms with Gasteiger partial charge >= 0.3 is 6.18 Å². The first-order valence-corrected chi connectivity index (χ1v) is 6.54. The maximum absolute atomic E-state index is 13.2. The van der Waals surface area contributed by atoms with Crippen LogP contribution in [-0.4, -0.2) is 24.1 Å². The maximum Gasteiger partial charge on any atom is 0.418 e. The van der Waals surface area contributed by atoms with Crippen molar-refractivity contribution in [2.24, 2.45) is 11.7 Å². The van der Waals surface area contributed by atoms with Crippen LogP contribution < -0.4 is 10.6 Å². The molecule has 1 aromatic carbocycles. The molecule has 1 aliphatic heterocycles. The average molecular weight is 303 g/mol. The molecule has 0 spiro atoms. The highest BCUT2D eigenvalue weighted by Crippen LogP contribution is 2.39. The Bertz CT molecular complexity index is 538. The van der Waals surface area contributed by atoms with Gasteiger partial charge in [-0.1, -0.05) is 6.92 Å². The number of nitrogens with zero attached hydrogens (tertiary/aromatic N) is 2. The van der Waals surface area contributed by atoms with Gasteiger partial charge in [-0.3, -0.25) is 10.1 Å². The van der Waals surface area contributed by atoms with Gasteiger partial charge < -0.3 is 10.6 Å². The van der Waals surface area contributed by atoms with Crippen molar-refractivity contribution >= 4 is 11.4 Å². The van der Waals surface area contributed by atoms with E-state index in [1.54, 1.807) is 4.90 Å². The van der Waals surface area contributed by atoms with Crippen LogP contribution in [0.2, 0.25) is 0 Å². The summed E-state index contributed by atoms with van der Waals surface area (Å²) in [5, 5.41) is 10.7. The van der Waals surface area contributed by atoms with Crippen molar-refractivity contribution in [3.8, 4) is 0 Å².